The fourth-order valence-corrected chi connectivity index (χ4v) is 5.81. The summed E-state index contributed by atoms with van der Waals surface area (Å²) in [6, 6.07) is -0.140. The maximum absolute atomic E-state index is 12.8. The summed E-state index contributed by atoms with van der Waals surface area (Å²) in [5.41, 5.74) is 0. The van der Waals surface area contributed by atoms with Crippen LogP contribution in [0.5, 0.6) is 0 Å². The van der Waals surface area contributed by atoms with Crippen molar-refractivity contribution in [2.24, 2.45) is 0 Å². The van der Waals surface area contributed by atoms with Gasteiger partial charge >= 0.3 is 0 Å². The van der Waals surface area contributed by atoms with Gasteiger partial charge in [0.15, 0.2) is 0 Å². The van der Waals surface area contributed by atoms with Crippen molar-refractivity contribution in [1.29, 1.82) is 0 Å². The molecule has 2 atom stereocenters. The molecule has 0 unspecified atom stereocenters. The molecule has 0 aromatic rings. The Bertz CT molecular complexity index is 439. The highest BCUT2D eigenvalue weighted by atomic mass is 32.2. The molecule has 2 bridgehead atoms. The lowest BCUT2D eigenvalue weighted by molar-refractivity contribution is -0.122. The van der Waals surface area contributed by atoms with Crippen LogP contribution in [0.4, 0.5) is 0 Å². The summed E-state index contributed by atoms with van der Waals surface area (Å²) < 4.78 is 28.9. The van der Waals surface area contributed by atoms with Crippen LogP contribution >= 0.6 is 0 Å². The zero-order valence-electron chi connectivity index (χ0n) is 11.3. The van der Waals surface area contributed by atoms with Crippen molar-refractivity contribution in [3.05, 3.63) is 0 Å². The average Bonchev–Trinajstić information content (AvgIpc) is 2.59. The minimum atomic E-state index is -3.35. The second-order valence-electron chi connectivity index (χ2n) is 5.98. The third kappa shape index (κ3) is 2.45. The fraction of sp³-hybridized carbons (Fsp3) is 0.923. The van der Waals surface area contributed by atoms with E-state index in [9.17, 15) is 13.2 Å². The quantitative estimate of drug-likeness (QED) is 0.769. The molecule has 3 fully saturated rings. The van der Waals surface area contributed by atoms with Gasteiger partial charge in [-0.25, -0.2) is 0 Å². The number of hydrogen-bond acceptors (Lipinski definition) is 3. The summed E-state index contributed by atoms with van der Waals surface area (Å²) in [4.78, 5) is 11.6. The summed E-state index contributed by atoms with van der Waals surface area (Å²) >= 11 is 0. The highest BCUT2D eigenvalue weighted by Crippen LogP contribution is 2.37. The first-order chi connectivity index (χ1) is 9.09. The number of carbonyl (C=O) groups excluding carboxylic acids is 1. The lowest BCUT2D eigenvalue weighted by Gasteiger charge is -2.36. The molecule has 0 aromatic carbocycles. The molecule has 3 aliphatic heterocycles. The van der Waals surface area contributed by atoms with E-state index in [1.54, 1.807) is 8.61 Å². The second-order valence-corrected chi connectivity index (χ2v) is 7.82. The summed E-state index contributed by atoms with van der Waals surface area (Å²) in [5, 5.41) is 0. The number of nitrogens with zero attached hydrogens (tertiary/aromatic N) is 2. The second kappa shape index (κ2) is 5.14. The molecule has 0 amide bonds. The molecule has 6 heteroatoms. The van der Waals surface area contributed by atoms with Crippen LogP contribution in [-0.4, -0.2) is 48.0 Å². The van der Waals surface area contributed by atoms with Gasteiger partial charge in [0.2, 0.25) is 0 Å². The van der Waals surface area contributed by atoms with Crippen LogP contribution in [0.15, 0.2) is 0 Å². The lowest BCUT2D eigenvalue weighted by Crippen LogP contribution is -2.52. The first kappa shape index (κ1) is 13.5. The van der Waals surface area contributed by atoms with Crippen molar-refractivity contribution in [1.82, 2.24) is 8.61 Å². The van der Waals surface area contributed by atoms with Gasteiger partial charge in [-0.2, -0.15) is 17.0 Å². The Morgan fingerprint density at radius 3 is 1.95 bits per heavy atom. The number of carbonyl (C=O) groups is 1. The summed E-state index contributed by atoms with van der Waals surface area (Å²) in [7, 11) is -3.35. The zero-order valence-corrected chi connectivity index (χ0v) is 12.1. The van der Waals surface area contributed by atoms with E-state index in [4.69, 9.17) is 0 Å². The molecule has 0 radical (unpaired) electrons. The first-order valence-corrected chi connectivity index (χ1v) is 8.79. The summed E-state index contributed by atoms with van der Waals surface area (Å²) in [6.45, 7) is 1.29. The van der Waals surface area contributed by atoms with Gasteiger partial charge in [-0.15, -0.1) is 0 Å². The van der Waals surface area contributed by atoms with Crippen molar-refractivity contribution >= 4 is 16.0 Å². The molecule has 3 saturated heterocycles. The number of fused-ring (bicyclic) bond motifs is 2. The first-order valence-electron chi connectivity index (χ1n) is 7.39. The highest BCUT2D eigenvalue weighted by Gasteiger charge is 2.48. The van der Waals surface area contributed by atoms with Crippen LogP contribution < -0.4 is 0 Å². The monoisotopic (exact) mass is 286 g/mol. The highest BCUT2D eigenvalue weighted by molar-refractivity contribution is 7.86. The fourth-order valence-electron chi connectivity index (χ4n) is 3.71. The van der Waals surface area contributed by atoms with E-state index in [1.165, 1.54) is 0 Å². The zero-order chi connectivity index (χ0) is 13.5. The van der Waals surface area contributed by atoms with Crippen molar-refractivity contribution in [3.8, 4) is 0 Å². The summed E-state index contributed by atoms with van der Waals surface area (Å²) in [5.74, 6) is 0.231. The number of Topliss-reactive ketones (excluding diaryl/α,β-unsaturated/α-hetero) is 1. The van der Waals surface area contributed by atoms with Gasteiger partial charge in [0, 0.05) is 38.0 Å². The normalized spacial score (nSPS) is 34.4. The predicted molar refractivity (Wildman–Crippen MR) is 71.9 cm³/mol. The molecule has 3 heterocycles. The van der Waals surface area contributed by atoms with E-state index in [2.05, 4.69) is 0 Å². The van der Waals surface area contributed by atoms with E-state index in [0.29, 0.717) is 25.9 Å². The van der Waals surface area contributed by atoms with Gasteiger partial charge in [0.05, 0.1) is 0 Å². The topological polar surface area (TPSA) is 57.7 Å². The lowest BCUT2D eigenvalue weighted by atomic mass is 10.0. The van der Waals surface area contributed by atoms with Crippen molar-refractivity contribution < 1.29 is 13.2 Å². The number of hydrogen-bond donors (Lipinski definition) is 0. The van der Waals surface area contributed by atoms with Crippen molar-refractivity contribution in [2.45, 2.75) is 63.5 Å². The molecule has 0 N–H and O–H groups in total. The molecule has 19 heavy (non-hydrogen) atoms. The Morgan fingerprint density at radius 2 is 1.42 bits per heavy atom. The molecule has 108 valence electrons. The van der Waals surface area contributed by atoms with Crippen LogP contribution in [-0.2, 0) is 15.0 Å². The molecule has 0 saturated carbocycles. The van der Waals surface area contributed by atoms with E-state index >= 15 is 0 Å². The molecule has 0 aliphatic carbocycles. The number of rotatable bonds is 2. The predicted octanol–water partition coefficient (Wildman–Crippen LogP) is 1.30. The maximum Gasteiger partial charge on any atom is 0.282 e. The maximum atomic E-state index is 12.8. The Kier molecular flexibility index (Phi) is 3.66. The Hall–Kier alpha value is -0.460. The van der Waals surface area contributed by atoms with E-state index in [0.717, 1.165) is 38.5 Å². The van der Waals surface area contributed by atoms with E-state index < -0.39 is 10.2 Å². The van der Waals surface area contributed by atoms with Crippen molar-refractivity contribution in [2.75, 3.05) is 13.1 Å². The summed E-state index contributed by atoms with van der Waals surface area (Å²) in [6.07, 6.45) is 6.71. The molecular formula is C13H22N2O3S. The van der Waals surface area contributed by atoms with Gasteiger partial charge in [-0.1, -0.05) is 12.8 Å². The van der Waals surface area contributed by atoms with Crippen LogP contribution in [0.2, 0.25) is 0 Å². The van der Waals surface area contributed by atoms with Gasteiger partial charge in [-0.3, -0.25) is 4.79 Å². The number of ketones is 1. The van der Waals surface area contributed by atoms with E-state index in [-0.39, 0.29) is 17.9 Å². The molecular weight excluding hydrogens is 264 g/mol. The van der Waals surface area contributed by atoms with Crippen LogP contribution in [0.1, 0.15) is 51.4 Å². The molecule has 5 nitrogen and oxygen atoms in total. The van der Waals surface area contributed by atoms with Gasteiger partial charge in [0.1, 0.15) is 5.78 Å². The van der Waals surface area contributed by atoms with Crippen LogP contribution in [0, 0.1) is 0 Å². The van der Waals surface area contributed by atoms with Crippen molar-refractivity contribution in [3.63, 3.8) is 0 Å². The Morgan fingerprint density at radius 1 is 0.895 bits per heavy atom. The minimum absolute atomic E-state index is 0.0699. The van der Waals surface area contributed by atoms with Crippen LogP contribution in [0.25, 0.3) is 0 Å². The number of piperidine rings is 1. The third-order valence-electron chi connectivity index (χ3n) is 4.64. The smallest absolute Gasteiger partial charge is 0.282 e. The molecule has 3 rings (SSSR count). The Labute approximate surface area is 115 Å². The van der Waals surface area contributed by atoms with Gasteiger partial charge in [-0.05, 0) is 25.7 Å². The average molecular weight is 286 g/mol. The molecule has 3 aliphatic rings. The molecule has 0 spiro atoms. The molecule has 0 aromatic heterocycles. The standard InChI is InChI=1S/C13H22N2O3S/c16-13-9-11-5-6-12(10-13)15(11)19(17,18)14-7-3-1-2-4-8-14/h11-12H,1-10H2/t11-,12+. The SMILES string of the molecule is O=C1C[C@H]2CC[C@@H](C1)N2S(=O)(=O)N1CCCCCC1. The van der Waals surface area contributed by atoms with Crippen LogP contribution in [0.3, 0.4) is 0 Å². The Balaban J connectivity index is 1.82. The largest absolute Gasteiger partial charge is 0.300 e. The minimum Gasteiger partial charge on any atom is -0.300 e. The third-order valence-corrected chi connectivity index (χ3v) is 6.78. The van der Waals surface area contributed by atoms with Gasteiger partial charge in [0.25, 0.3) is 10.2 Å². The van der Waals surface area contributed by atoms with Gasteiger partial charge < -0.3 is 0 Å². The van der Waals surface area contributed by atoms with E-state index in [1.807, 2.05) is 0 Å².